The SMILES string of the molecule is O=C(c1c[nH]c2ccccc12)c1cc2[nH]c3ccccc3c2c2c1ncn2COCc1ccccc1. The number of imidazole rings is 1. The summed E-state index contributed by atoms with van der Waals surface area (Å²) >= 11 is 0. The van der Waals surface area contributed by atoms with Gasteiger partial charge in [-0.3, -0.25) is 4.79 Å². The first-order valence-corrected chi connectivity index (χ1v) is 11.9. The number of carbonyl (C=O) groups is 1. The standard InChI is InChI=1S/C30H22N4O2/c35-30(23-15-31-24-12-6-4-10-20(23)24)22-14-26-27(21-11-5-7-13-25(21)33-26)29-28(22)32-17-34(29)18-36-16-19-8-2-1-3-9-19/h1-15,17,31,33H,16,18H2. The van der Waals surface area contributed by atoms with Gasteiger partial charge in [-0.2, -0.15) is 0 Å². The van der Waals surface area contributed by atoms with Crippen LogP contribution in [0, 0.1) is 0 Å². The number of hydrogen-bond donors (Lipinski definition) is 2. The van der Waals surface area contributed by atoms with Crippen molar-refractivity contribution in [1.29, 1.82) is 0 Å². The van der Waals surface area contributed by atoms with Gasteiger partial charge in [0.2, 0.25) is 0 Å². The molecule has 3 aromatic heterocycles. The lowest BCUT2D eigenvalue weighted by atomic mass is 9.99. The van der Waals surface area contributed by atoms with Crippen LogP contribution in [0.2, 0.25) is 0 Å². The Balaban J connectivity index is 1.40. The van der Waals surface area contributed by atoms with Crippen molar-refractivity contribution in [3.63, 3.8) is 0 Å². The number of nitrogens with zero attached hydrogens (tertiary/aromatic N) is 2. The summed E-state index contributed by atoms with van der Waals surface area (Å²) in [6.45, 7) is 0.816. The monoisotopic (exact) mass is 470 g/mol. The van der Waals surface area contributed by atoms with Crippen LogP contribution in [0.5, 0.6) is 0 Å². The smallest absolute Gasteiger partial charge is 0.197 e. The number of carbonyl (C=O) groups excluding carboxylic acids is 1. The number of ketones is 1. The molecule has 0 radical (unpaired) electrons. The van der Waals surface area contributed by atoms with Crippen LogP contribution in [-0.2, 0) is 18.1 Å². The highest BCUT2D eigenvalue weighted by Crippen LogP contribution is 2.35. The van der Waals surface area contributed by atoms with E-state index in [1.54, 1.807) is 12.5 Å². The van der Waals surface area contributed by atoms with Gasteiger partial charge in [-0.25, -0.2) is 4.98 Å². The average molecular weight is 471 g/mol. The molecular weight excluding hydrogens is 448 g/mol. The lowest BCUT2D eigenvalue weighted by Crippen LogP contribution is -2.04. The number of ether oxygens (including phenoxy) is 1. The molecule has 0 saturated heterocycles. The molecular formula is C30H22N4O2. The fraction of sp³-hybridized carbons (Fsp3) is 0.0667. The van der Waals surface area contributed by atoms with E-state index in [-0.39, 0.29) is 5.78 Å². The van der Waals surface area contributed by atoms with E-state index in [4.69, 9.17) is 9.72 Å². The number of hydrogen-bond acceptors (Lipinski definition) is 3. The molecule has 2 N–H and O–H groups in total. The van der Waals surface area contributed by atoms with Crippen molar-refractivity contribution >= 4 is 49.5 Å². The maximum Gasteiger partial charge on any atom is 0.197 e. The summed E-state index contributed by atoms with van der Waals surface area (Å²) in [7, 11) is 0. The topological polar surface area (TPSA) is 75.7 Å². The number of aromatic amines is 2. The Labute approximate surface area is 206 Å². The van der Waals surface area contributed by atoms with Gasteiger partial charge in [0.05, 0.1) is 24.0 Å². The molecule has 0 aliphatic rings. The zero-order valence-corrected chi connectivity index (χ0v) is 19.4. The van der Waals surface area contributed by atoms with Crippen molar-refractivity contribution in [2.75, 3.05) is 0 Å². The number of aromatic nitrogens is 4. The molecule has 0 amide bonds. The lowest BCUT2D eigenvalue weighted by molar-refractivity contribution is 0.0665. The highest BCUT2D eigenvalue weighted by atomic mass is 16.5. The summed E-state index contributed by atoms with van der Waals surface area (Å²) in [5.41, 5.74) is 6.72. The maximum atomic E-state index is 13.9. The minimum absolute atomic E-state index is 0.0616. The number of fused-ring (bicyclic) bond motifs is 6. The van der Waals surface area contributed by atoms with Crippen LogP contribution in [0.15, 0.2) is 97.5 Å². The summed E-state index contributed by atoms with van der Waals surface area (Å²) in [5.74, 6) is -0.0616. The van der Waals surface area contributed by atoms with E-state index in [2.05, 4.69) is 22.1 Å². The molecule has 0 aliphatic carbocycles. The van der Waals surface area contributed by atoms with E-state index in [1.165, 1.54) is 0 Å². The van der Waals surface area contributed by atoms with Gasteiger partial charge < -0.3 is 19.3 Å². The molecule has 0 spiro atoms. The molecule has 0 fully saturated rings. The van der Waals surface area contributed by atoms with Crippen LogP contribution >= 0.6 is 0 Å². The zero-order valence-electron chi connectivity index (χ0n) is 19.4. The molecule has 174 valence electrons. The van der Waals surface area contributed by atoms with Crippen LogP contribution in [-0.4, -0.2) is 25.3 Å². The number of benzene rings is 4. The van der Waals surface area contributed by atoms with Crippen LogP contribution in [0.1, 0.15) is 21.5 Å². The number of para-hydroxylation sites is 2. The molecule has 0 aliphatic heterocycles. The third-order valence-corrected chi connectivity index (χ3v) is 6.77. The fourth-order valence-electron chi connectivity index (χ4n) is 5.09. The molecule has 0 saturated carbocycles. The van der Waals surface area contributed by atoms with E-state index in [1.807, 2.05) is 77.4 Å². The van der Waals surface area contributed by atoms with Gasteiger partial charge in [-0.05, 0) is 23.8 Å². The first-order valence-electron chi connectivity index (χ1n) is 11.9. The van der Waals surface area contributed by atoms with E-state index in [0.717, 1.165) is 43.8 Å². The van der Waals surface area contributed by atoms with Crippen molar-refractivity contribution in [3.8, 4) is 0 Å². The average Bonchev–Trinajstić information content (AvgIpc) is 3.63. The molecule has 4 aromatic carbocycles. The highest BCUT2D eigenvalue weighted by molar-refractivity contribution is 6.27. The Morgan fingerprint density at radius 1 is 0.833 bits per heavy atom. The Bertz CT molecular complexity index is 1890. The van der Waals surface area contributed by atoms with Crippen LogP contribution in [0.25, 0.3) is 43.7 Å². The van der Waals surface area contributed by atoms with Crippen molar-refractivity contribution in [1.82, 2.24) is 19.5 Å². The Morgan fingerprint density at radius 2 is 1.58 bits per heavy atom. The predicted molar refractivity (Wildman–Crippen MR) is 142 cm³/mol. The Kier molecular flexibility index (Phi) is 4.72. The molecule has 6 nitrogen and oxygen atoms in total. The number of nitrogens with one attached hydrogen (secondary N) is 2. The second-order valence-corrected chi connectivity index (χ2v) is 8.97. The van der Waals surface area contributed by atoms with Crippen molar-refractivity contribution in [2.45, 2.75) is 13.3 Å². The van der Waals surface area contributed by atoms with Gasteiger partial charge >= 0.3 is 0 Å². The molecule has 7 rings (SSSR count). The summed E-state index contributed by atoms with van der Waals surface area (Å²) in [6.07, 6.45) is 3.55. The molecule has 3 heterocycles. The Hall–Kier alpha value is -4.68. The lowest BCUT2D eigenvalue weighted by Gasteiger charge is -2.09. The van der Waals surface area contributed by atoms with E-state index < -0.39 is 0 Å². The zero-order chi connectivity index (χ0) is 24.1. The molecule has 6 heteroatoms. The number of H-pyrrole nitrogens is 2. The van der Waals surface area contributed by atoms with Crippen molar-refractivity contribution in [3.05, 3.63) is 114 Å². The van der Waals surface area contributed by atoms with E-state index >= 15 is 0 Å². The van der Waals surface area contributed by atoms with E-state index in [9.17, 15) is 4.79 Å². The predicted octanol–water partition coefficient (Wildman–Crippen LogP) is 6.56. The second-order valence-electron chi connectivity index (χ2n) is 8.97. The minimum atomic E-state index is -0.0616. The second kappa shape index (κ2) is 8.22. The first-order chi connectivity index (χ1) is 17.8. The summed E-state index contributed by atoms with van der Waals surface area (Å²) in [6, 6.07) is 28.0. The Morgan fingerprint density at radius 3 is 2.44 bits per heavy atom. The molecule has 7 aromatic rings. The van der Waals surface area contributed by atoms with Crippen LogP contribution in [0.4, 0.5) is 0 Å². The van der Waals surface area contributed by atoms with Crippen LogP contribution < -0.4 is 0 Å². The van der Waals surface area contributed by atoms with Gasteiger partial charge in [0.25, 0.3) is 0 Å². The maximum absolute atomic E-state index is 13.9. The first kappa shape index (κ1) is 20.7. The third kappa shape index (κ3) is 3.23. The van der Waals surface area contributed by atoms with Gasteiger partial charge in [-0.15, -0.1) is 0 Å². The van der Waals surface area contributed by atoms with Gasteiger partial charge in [0.15, 0.2) is 5.78 Å². The quantitative estimate of drug-likeness (QED) is 0.270. The van der Waals surface area contributed by atoms with Gasteiger partial charge in [0, 0.05) is 44.5 Å². The highest BCUT2D eigenvalue weighted by Gasteiger charge is 2.23. The third-order valence-electron chi connectivity index (χ3n) is 6.77. The normalized spacial score (nSPS) is 11.8. The summed E-state index contributed by atoms with van der Waals surface area (Å²) in [5, 5.41) is 3.03. The summed E-state index contributed by atoms with van der Waals surface area (Å²) in [4.78, 5) is 25.3. The molecule has 0 atom stereocenters. The summed E-state index contributed by atoms with van der Waals surface area (Å²) < 4.78 is 8.06. The molecule has 0 unspecified atom stereocenters. The van der Waals surface area contributed by atoms with Gasteiger partial charge in [0.1, 0.15) is 12.2 Å². The largest absolute Gasteiger partial charge is 0.360 e. The van der Waals surface area contributed by atoms with Crippen molar-refractivity contribution < 1.29 is 9.53 Å². The van der Waals surface area contributed by atoms with Gasteiger partial charge in [-0.1, -0.05) is 66.7 Å². The molecule has 0 bridgehead atoms. The minimum Gasteiger partial charge on any atom is -0.360 e. The number of rotatable bonds is 6. The fourth-order valence-corrected chi connectivity index (χ4v) is 5.09. The molecule has 36 heavy (non-hydrogen) atoms. The van der Waals surface area contributed by atoms with E-state index in [0.29, 0.717) is 30.0 Å². The van der Waals surface area contributed by atoms with Crippen LogP contribution in [0.3, 0.4) is 0 Å². The van der Waals surface area contributed by atoms with Crippen molar-refractivity contribution in [2.24, 2.45) is 0 Å².